The predicted octanol–water partition coefficient (Wildman–Crippen LogP) is 3.56. The van der Waals surface area contributed by atoms with Gasteiger partial charge in [0.15, 0.2) is 17.7 Å². The van der Waals surface area contributed by atoms with Crippen molar-refractivity contribution in [2.75, 3.05) is 5.32 Å². The Morgan fingerprint density at radius 3 is 2.63 bits per heavy atom. The molecule has 1 unspecified atom stereocenters. The molecule has 12 heteroatoms. The van der Waals surface area contributed by atoms with E-state index in [0.29, 0.717) is 22.9 Å². The molecule has 12 nitrogen and oxygen atoms in total. The molecule has 5 heterocycles. The van der Waals surface area contributed by atoms with Crippen molar-refractivity contribution in [2.24, 2.45) is 11.3 Å². The second kappa shape index (κ2) is 10.7. The molecule has 0 saturated heterocycles. The second-order valence-electron chi connectivity index (χ2n) is 13.6. The number of aromatic nitrogens is 2. The molecule has 7 rings (SSSR count). The highest BCUT2D eigenvalue weighted by molar-refractivity contribution is 5.90. The molecule has 46 heavy (non-hydrogen) atoms. The molecule has 2 aromatic heterocycles. The lowest BCUT2D eigenvalue weighted by Gasteiger charge is -2.32. The van der Waals surface area contributed by atoms with Gasteiger partial charge in [0.2, 0.25) is 23.6 Å². The van der Waals surface area contributed by atoms with Crippen LogP contribution in [0.3, 0.4) is 0 Å². The van der Waals surface area contributed by atoms with Gasteiger partial charge in [0.1, 0.15) is 41.3 Å². The quantitative estimate of drug-likeness (QED) is 0.220. The number of nitrogens with one attached hydrogen (secondary N) is 3. The largest absolute Gasteiger partial charge is 0.469 e. The summed E-state index contributed by atoms with van der Waals surface area (Å²) in [6.45, 7) is 9.00. The number of aliphatic hydroxyl groups excluding tert-OH is 2. The number of benzene rings is 2. The average Bonchev–Trinajstić information content (AvgIpc) is 3.78. The van der Waals surface area contributed by atoms with Gasteiger partial charge in [0, 0.05) is 17.7 Å². The number of para-hydroxylation sites is 1. The molecule has 3 aliphatic heterocycles. The third-order valence-corrected chi connectivity index (χ3v) is 9.04. The third-order valence-electron chi connectivity index (χ3n) is 9.04. The molecule has 5 atom stereocenters. The van der Waals surface area contributed by atoms with E-state index in [9.17, 15) is 19.8 Å². The Hall–Kier alpha value is -4.68. The molecule has 0 radical (unpaired) electrons. The van der Waals surface area contributed by atoms with E-state index in [4.69, 9.17) is 18.6 Å². The van der Waals surface area contributed by atoms with E-state index < -0.39 is 47.1 Å². The summed E-state index contributed by atoms with van der Waals surface area (Å²) in [6, 6.07) is 11.8. The lowest BCUT2D eigenvalue weighted by Crippen LogP contribution is -2.53. The number of hydrogen-bond acceptors (Lipinski definition) is 10. The molecule has 1 spiro atoms. The first kappa shape index (κ1) is 30.0. The molecule has 2 amide bonds. The van der Waals surface area contributed by atoms with Crippen LogP contribution in [0.5, 0.6) is 5.75 Å². The van der Waals surface area contributed by atoms with Gasteiger partial charge in [-0.2, -0.15) is 0 Å². The van der Waals surface area contributed by atoms with E-state index in [2.05, 4.69) is 20.9 Å². The highest BCUT2D eigenvalue weighted by Gasteiger charge is 2.61. The number of aliphatic hydroxyl groups is 2. The maximum absolute atomic E-state index is 14.0. The van der Waals surface area contributed by atoms with Crippen molar-refractivity contribution in [3.05, 3.63) is 82.8 Å². The van der Waals surface area contributed by atoms with Crippen molar-refractivity contribution in [2.45, 2.75) is 77.5 Å². The van der Waals surface area contributed by atoms with Gasteiger partial charge in [-0.1, -0.05) is 65.0 Å². The van der Waals surface area contributed by atoms with Crippen LogP contribution in [0.1, 0.15) is 74.7 Å². The lowest BCUT2D eigenvalue weighted by atomic mass is 9.72. The van der Waals surface area contributed by atoms with E-state index >= 15 is 0 Å². The fourth-order valence-electron chi connectivity index (χ4n) is 6.61. The zero-order valence-electron chi connectivity index (χ0n) is 26.2. The summed E-state index contributed by atoms with van der Waals surface area (Å²) in [5.74, 6) is -0.0293. The van der Waals surface area contributed by atoms with E-state index in [-0.39, 0.29) is 30.7 Å². The van der Waals surface area contributed by atoms with Crippen molar-refractivity contribution < 1.29 is 33.4 Å². The van der Waals surface area contributed by atoms with Gasteiger partial charge in [-0.15, -0.1) is 0 Å². The first-order chi connectivity index (χ1) is 21.9. The fourth-order valence-corrected chi connectivity index (χ4v) is 6.61. The van der Waals surface area contributed by atoms with Gasteiger partial charge < -0.3 is 39.7 Å². The topological polar surface area (TPSA) is 172 Å². The molecular formula is C34H37N5O7. The zero-order valence-corrected chi connectivity index (χ0v) is 26.2. The number of rotatable bonds is 5. The van der Waals surface area contributed by atoms with E-state index in [1.165, 1.54) is 6.26 Å². The molecule has 4 bridgehead atoms. The van der Waals surface area contributed by atoms with Gasteiger partial charge in [-0.05, 0) is 34.6 Å². The van der Waals surface area contributed by atoms with Gasteiger partial charge in [0.25, 0.3) is 0 Å². The maximum Gasteiger partial charge on any atom is 0.249 e. The van der Waals surface area contributed by atoms with Crippen molar-refractivity contribution in [1.29, 1.82) is 0 Å². The van der Waals surface area contributed by atoms with Gasteiger partial charge in [0.05, 0.1) is 6.61 Å². The van der Waals surface area contributed by atoms with Crippen molar-refractivity contribution >= 4 is 17.5 Å². The summed E-state index contributed by atoms with van der Waals surface area (Å²) in [4.78, 5) is 36.6. The number of ether oxygens (including phenoxy) is 1. The summed E-state index contributed by atoms with van der Waals surface area (Å²) < 4.78 is 19.2. The summed E-state index contributed by atoms with van der Waals surface area (Å²) in [6.07, 6.45) is -0.380. The van der Waals surface area contributed by atoms with Crippen LogP contribution >= 0.6 is 0 Å². The Morgan fingerprint density at radius 1 is 1.13 bits per heavy atom. The van der Waals surface area contributed by atoms with Gasteiger partial charge >= 0.3 is 0 Å². The minimum absolute atomic E-state index is 0.151. The third kappa shape index (κ3) is 4.58. The van der Waals surface area contributed by atoms with E-state index in [1.807, 2.05) is 63.2 Å². The number of carbonyl (C=O) groups excluding carboxylic acids is 2. The van der Waals surface area contributed by atoms with Crippen molar-refractivity contribution in [3.63, 3.8) is 0 Å². The number of carbonyl (C=O) groups is 2. The van der Waals surface area contributed by atoms with Crippen molar-refractivity contribution in [1.82, 2.24) is 20.6 Å². The van der Waals surface area contributed by atoms with Crippen molar-refractivity contribution in [3.8, 4) is 17.3 Å². The van der Waals surface area contributed by atoms with Crippen LogP contribution < -0.4 is 20.7 Å². The number of hydrogen-bond donors (Lipinski definition) is 5. The Labute approximate surface area is 265 Å². The zero-order chi connectivity index (χ0) is 32.5. The number of anilines is 1. The Balaban J connectivity index is 1.49. The SMILES string of the molecule is CC(C)[C@H](O)C(=O)N[C@H]1Cc2ccc3c(c2)[C@@]2(c4ccccc4NC2O3)c2oc(nc2-c2nc(CO)co2)[C@H](C(C)(C)C)NC1=O. The monoisotopic (exact) mass is 627 g/mol. The predicted molar refractivity (Wildman–Crippen MR) is 166 cm³/mol. The molecule has 0 aliphatic carbocycles. The van der Waals surface area contributed by atoms with Crippen LogP contribution in [0.2, 0.25) is 0 Å². The highest BCUT2D eigenvalue weighted by atomic mass is 16.5. The number of nitrogens with zero attached hydrogens (tertiary/aromatic N) is 2. The Kier molecular flexibility index (Phi) is 6.98. The highest BCUT2D eigenvalue weighted by Crippen LogP contribution is 2.59. The van der Waals surface area contributed by atoms with Gasteiger partial charge in [-0.25, -0.2) is 9.97 Å². The number of oxazole rings is 2. The standard InChI is InChI=1S/C34H37N5O7/c1-16(2)25(41)29(43)36-22-13-17-10-11-23-20(12-17)34(19-8-6-7-9-21(19)37-32(34)45-23)27-24(30-35-18(14-40)15-44-30)38-31(46-27)26(33(3,4)5)39-28(22)42/h6-12,15-16,22,25-26,32,37,40-41H,13-14H2,1-5H3,(H,36,43)(H,39,42)/t22-,25-,26+,32?,34-/m0/s1. The van der Waals surface area contributed by atoms with Crippen LogP contribution in [0, 0.1) is 11.3 Å². The minimum Gasteiger partial charge on any atom is -0.469 e. The molecule has 240 valence electrons. The molecule has 4 aromatic rings. The molecule has 0 fully saturated rings. The normalized spacial score (nSPS) is 23.7. The first-order valence-corrected chi connectivity index (χ1v) is 15.4. The first-order valence-electron chi connectivity index (χ1n) is 15.4. The molecule has 3 aliphatic rings. The van der Waals surface area contributed by atoms with Crippen LogP contribution in [-0.2, 0) is 28.0 Å². The smallest absolute Gasteiger partial charge is 0.249 e. The second-order valence-corrected chi connectivity index (χ2v) is 13.6. The van der Waals surface area contributed by atoms with Crippen LogP contribution in [-0.4, -0.2) is 50.4 Å². The van der Waals surface area contributed by atoms with Crippen LogP contribution in [0.25, 0.3) is 11.6 Å². The minimum atomic E-state index is -1.28. The Bertz CT molecular complexity index is 1840. The summed E-state index contributed by atoms with van der Waals surface area (Å²) in [5.41, 5.74) is 2.29. The van der Waals surface area contributed by atoms with E-state index in [1.54, 1.807) is 13.8 Å². The molecule has 0 saturated carbocycles. The summed E-state index contributed by atoms with van der Waals surface area (Å²) >= 11 is 0. The number of amides is 2. The Morgan fingerprint density at radius 2 is 1.91 bits per heavy atom. The van der Waals surface area contributed by atoms with Crippen LogP contribution in [0.4, 0.5) is 5.69 Å². The lowest BCUT2D eigenvalue weighted by molar-refractivity contribution is -0.136. The van der Waals surface area contributed by atoms with Crippen LogP contribution in [0.15, 0.2) is 57.6 Å². The molecule has 2 aromatic carbocycles. The average molecular weight is 628 g/mol. The molecule has 5 N–H and O–H groups in total. The summed E-state index contributed by atoms with van der Waals surface area (Å²) in [5, 5.41) is 29.7. The maximum atomic E-state index is 14.0. The number of fused-ring (bicyclic) bond motifs is 4. The van der Waals surface area contributed by atoms with Gasteiger partial charge in [-0.3, -0.25) is 9.59 Å². The summed E-state index contributed by atoms with van der Waals surface area (Å²) in [7, 11) is 0. The molecular weight excluding hydrogens is 590 g/mol. The van der Waals surface area contributed by atoms with E-state index in [0.717, 1.165) is 22.4 Å². The fraction of sp³-hybridized carbons (Fsp3) is 0.412.